The van der Waals surface area contributed by atoms with Gasteiger partial charge >= 0.3 is 6.09 Å². The Bertz CT molecular complexity index is 838. The molecular weight excluding hydrogens is 468 g/mol. The average Bonchev–Trinajstić information content (AvgIpc) is 2.97. The maximum Gasteiger partial charge on any atom is 0.408 e. The normalized spacial score (nSPS) is 29.5. The molecule has 1 aromatic heterocycles. The summed E-state index contributed by atoms with van der Waals surface area (Å²) >= 11 is 4.77. The zero-order chi connectivity index (χ0) is 21.7. The first-order chi connectivity index (χ1) is 14.0. The van der Waals surface area contributed by atoms with Gasteiger partial charge in [0.15, 0.2) is 5.78 Å². The van der Waals surface area contributed by atoms with E-state index in [9.17, 15) is 14.4 Å². The third-order valence-corrected chi connectivity index (χ3v) is 8.10. The van der Waals surface area contributed by atoms with Crippen molar-refractivity contribution in [2.24, 2.45) is 23.2 Å². The van der Waals surface area contributed by atoms with Gasteiger partial charge in [0.25, 0.3) is 0 Å². The Morgan fingerprint density at radius 1 is 1.13 bits per heavy atom. The molecule has 4 aliphatic rings. The summed E-state index contributed by atoms with van der Waals surface area (Å²) in [5.41, 5.74) is -0.489. The van der Waals surface area contributed by atoms with Crippen LogP contribution in [-0.4, -0.2) is 29.9 Å². The fourth-order valence-corrected chi connectivity index (χ4v) is 7.36. The highest BCUT2D eigenvalue weighted by Crippen LogP contribution is 2.60. The molecular formula is C22H29BrN2O4S. The quantitative estimate of drug-likeness (QED) is 0.536. The number of alkyl carbamates (subject to hydrolysis) is 1. The number of ether oxygens (including phenoxy) is 1. The highest BCUT2D eigenvalue weighted by Gasteiger charge is 2.54. The molecule has 4 aliphatic carbocycles. The van der Waals surface area contributed by atoms with E-state index < -0.39 is 11.7 Å². The van der Waals surface area contributed by atoms with Crippen LogP contribution in [0.2, 0.25) is 0 Å². The van der Waals surface area contributed by atoms with Crippen LogP contribution in [-0.2, 0) is 9.53 Å². The lowest BCUT2D eigenvalue weighted by Gasteiger charge is -2.55. The van der Waals surface area contributed by atoms with Crippen LogP contribution in [0.25, 0.3) is 0 Å². The van der Waals surface area contributed by atoms with Gasteiger partial charge in [-0.25, -0.2) is 4.79 Å². The third kappa shape index (κ3) is 4.59. The second-order valence-electron chi connectivity index (χ2n) is 10.2. The van der Waals surface area contributed by atoms with Gasteiger partial charge in [-0.2, -0.15) is 0 Å². The molecule has 2 N–H and O–H groups in total. The van der Waals surface area contributed by atoms with Gasteiger partial charge in [0, 0.05) is 0 Å². The van der Waals surface area contributed by atoms with Crippen molar-refractivity contribution in [2.45, 2.75) is 64.9 Å². The number of carbonyl (C=O) groups excluding carboxylic acids is 3. The van der Waals surface area contributed by atoms with Crippen LogP contribution in [0.4, 0.5) is 9.80 Å². The highest BCUT2D eigenvalue weighted by molar-refractivity contribution is 9.11. The average molecular weight is 497 g/mol. The van der Waals surface area contributed by atoms with Crippen molar-refractivity contribution in [3.63, 3.8) is 0 Å². The molecule has 1 aromatic rings. The molecule has 6 nitrogen and oxygen atoms in total. The number of nitrogens with one attached hydrogen (secondary N) is 2. The Morgan fingerprint density at radius 2 is 1.70 bits per heavy atom. The number of hydrogen-bond acceptors (Lipinski definition) is 5. The second-order valence-corrected chi connectivity index (χ2v) is 12.7. The van der Waals surface area contributed by atoms with Gasteiger partial charge < -0.3 is 15.4 Å². The number of amides is 2. The van der Waals surface area contributed by atoms with E-state index in [1.165, 1.54) is 30.6 Å². The molecule has 0 unspecified atom stereocenters. The number of halogens is 1. The Hall–Kier alpha value is -1.41. The lowest BCUT2D eigenvalue weighted by molar-refractivity contribution is -0.140. The molecule has 4 bridgehead atoms. The Kier molecular flexibility index (Phi) is 5.77. The van der Waals surface area contributed by atoms with Gasteiger partial charge in [-0.15, -0.1) is 11.3 Å². The van der Waals surface area contributed by atoms with E-state index in [1.807, 2.05) is 0 Å². The summed E-state index contributed by atoms with van der Waals surface area (Å²) in [6.07, 6.45) is 6.11. The molecule has 0 spiro atoms. The molecule has 4 saturated carbocycles. The maximum atomic E-state index is 13.4. The molecule has 0 radical (unpaired) electrons. The van der Waals surface area contributed by atoms with Crippen molar-refractivity contribution in [1.82, 2.24) is 5.32 Å². The van der Waals surface area contributed by atoms with Crippen molar-refractivity contribution in [1.29, 1.82) is 0 Å². The van der Waals surface area contributed by atoms with Gasteiger partial charge in [-0.05, 0) is 99.0 Å². The van der Waals surface area contributed by atoms with E-state index >= 15 is 0 Å². The summed E-state index contributed by atoms with van der Waals surface area (Å²) in [6, 6.07) is 1.71. The third-order valence-electron chi connectivity index (χ3n) is 6.54. The highest BCUT2D eigenvalue weighted by atomic mass is 79.9. The summed E-state index contributed by atoms with van der Waals surface area (Å²) in [4.78, 5) is 38.0. The molecule has 30 heavy (non-hydrogen) atoms. The van der Waals surface area contributed by atoms with Crippen molar-refractivity contribution >= 4 is 50.1 Å². The minimum atomic E-state index is -0.635. The minimum absolute atomic E-state index is 0.0603. The number of anilines is 1. The first-order valence-electron chi connectivity index (χ1n) is 10.6. The van der Waals surface area contributed by atoms with Crippen molar-refractivity contribution in [3.8, 4) is 0 Å². The van der Waals surface area contributed by atoms with Crippen molar-refractivity contribution < 1.29 is 19.1 Å². The zero-order valence-electron chi connectivity index (χ0n) is 17.7. The molecule has 5 rings (SSSR count). The number of hydrogen-bond donors (Lipinski definition) is 2. The first-order valence-corrected chi connectivity index (χ1v) is 12.2. The van der Waals surface area contributed by atoms with Crippen LogP contribution in [0.15, 0.2) is 9.85 Å². The van der Waals surface area contributed by atoms with Gasteiger partial charge in [0.1, 0.15) is 10.6 Å². The van der Waals surface area contributed by atoms with Crippen LogP contribution in [0, 0.1) is 23.2 Å². The van der Waals surface area contributed by atoms with E-state index in [0.717, 1.165) is 23.0 Å². The largest absolute Gasteiger partial charge is 0.444 e. The SMILES string of the molecule is CC(C)(C)OC(=O)NCC(=O)c1cc(Br)sc1NC(=O)C12CC3CC(CC(C3)C1)C2. The molecule has 164 valence electrons. The Morgan fingerprint density at radius 3 is 2.23 bits per heavy atom. The summed E-state index contributed by atoms with van der Waals surface area (Å²) < 4.78 is 5.95. The van der Waals surface area contributed by atoms with E-state index in [2.05, 4.69) is 26.6 Å². The van der Waals surface area contributed by atoms with E-state index in [1.54, 1.807) is 26.8 Å². The smallest absolute Gasteiger partial charge is 0.408 e. The molecule has 1 heterocycles. The number of Topliss-reactive ketones (excluding diaryl/α,β-unsaturated/α-hetero) is 1. The fourth-order valence-electron chi connectivity index (χ4n) is 5.85. The molecule has 0 saturated heterocycles. The van der Waals surface area contributed by atoms with Gasteiger partial charge in [-0.1, -0.05) is 0 Å². The van der Waals surface area contributed by atoms with E-state index in [4.69, 9.17) is 4.74 Å². The predicted octanol–water partition coefficient (Wildman–Crippen LogP) is 5.37. The monoisotopic (exact) mass is 496 g/mol. The molecule has 4 fully saturated rings. The predicted molar refractivity (Wildman–Crippen MR) is 120 cm³/mol. The summed E-state index contributed by atoms with van der Waals surface area (Å²) in [5, 5.41) is 6.14. The van der Waals surface area contributed by atoms with Crippen molar-refractivity contribution in [3.05, 3.63) is 15.4 Å². The molecule has 0 aromatic carbocycles. The van der Waals surface area contributed by atoms with Crippen LogP contribution in [0.5, 0.6) is 0 Å². The van der Waals surface area contributed by atoms with E-state index in [-0.39, 0.29) is 23.7 Å². The molecule has 0 aliphatic heterocycles. The minimum Gasteiger partial charge on any atom is -0.444 e. The lowest BCUT2D eigenvalue weighted by Crippen LogP contribution is -2.51. The van der Waals surface area contributed by atoms with Crippen LogP contribution in [0.1, 0.15) is 69.7 Å². The first kappa shape index (κ1) is 21.8. The summed E-state index contributed by atoms with van der Waals surface area (Å²) in [5.74, 6) is 1.83. The molecule has 2 amide bonds. The number of rotatable bonds is 5. The lowest BCUT2D eigenvalue weighted by atomic mass is 9.49. The zero-order valence-corrected chi connectivity index (χ0v) is 20.1. The summed E-state index contributed by atoms with van der Waals surface area (Å²) in [6.45, 7) is 5.12. The number of ketones is 1. The molecule has 8 heteroatoms. The molecule has 0 atom stereocenters. The maximum absolute atomic E-state index is 13.4. The van der Waals surface area contributed by atoms with Crippen molar-refractivity contribution in [2.75, 3.05) is 11.9 Å². The fraction of sp³-hybridized carbons (Fsp3) is 0.682. The second kappa shape index (κ2) is 7.93. The topological polar surface area (TPSA) is 84.5 Å². The van der Waals surface area contributed by atoms with Gasteiger partial charge in [0.2, 0.25) is 5.91 Å². The Balaban J connectivity index is 1.43. The number of thiophene rings is 1. The number of carbonyl (C=O) groups is 3. The van der Waals surface area contributed by atoms with Crippen LogP contribution >= 0.6 is 27.3 Å². The Labute approximate surface area is 189 Å². The van der Waals surface area contributed by atoms with E-state index in [0.29, 0.717) is 28.3 Å². The standard InChI is InChI=1S/C22H29BrN2O4S/c1-21(2,3)29-20(28)24-11-16(26)15-7-17(23)30-18(15)25-19(27)22-8-12-4-13(9-22)6-14(5-12)10-22/h7,12-14H,4-6,8-11H2,1-3H3,(H,24,28)(H,25,27). The van der Waals surface area contributed by atoms with Crippen LogP contribution in [0.3, 0.4) is 0 Å². The summed E-state index contributed by atoms with van der Waals surface area (Å²) in [7, 11) is 0. The van der Waals surface area contributed by atoms with Gasteiger partial charge in [-0.3, -0.25) is 9.59 Å². The van der Waals surface area contributed by atoms with Crippen LogP contribution < -0.4 is 10.6 Å². The van der Waals surface area contributed by atoms with Gasteiger partial charge in [0.05, 0.1) is 21.3 Å².